The van der Waals surface area contributed by atoms with Crippen molar-refractivity contribution in [2.45, 2.75) is 0 Å². The van der Waals surface area contributed by atoms with E-state index in [1.165, 1.54) is 4.68 Å². The third-order valence-electron chi connectivity index (χ3n) is 5.48. The zero-order chi connectivity index (χ0) is 20.7. The number of aromatic hydroxyl groups is 1. The molecule has 0 saturated carbocycles. The van der Waals surface area contributed by atoms with Crippen LogP contribution in [0.4, 0.5) is 5.82 Å². The molecule has 3 heterocycles. The van der Waals surface area contributed by atoms with Crippen molar-refractivity contribution < 1.29 is 9.84 Å². The molecule has 0 radical (unpaired) electrons. The number of para-hydroxylation sites is 2. The quantitative estimate of drug-likeness (QED) is 0.565. The van der Waals surface area contributed by atoms with E-state index in [1.54, 1.807) is 30.5 Å². The number of nitrogens with zero attached hydrogens (tertiary/aromatic N) is 5. The van der Waals surface area contributed by atoms with E-state index in [2.05, 4.69) is 15.2 Å². The molecule has 0 bridgehead atoms. The zero-order valence-corrected chi connectivity index (χ0v) is 16.5. The van der Waals surface area contributed by atoms with Gasteiger partial charge in [-0.1, -0.05) is 23.4 Å². The molecule has 8 heteroatoms. The van der Waals surface area contributed by atoms with Gasteiger partial charge in [0.15, 0.2) is 5.43 Å². The number of morpholine rings is 1. The SMILES string of the molecule is Cn1c(N2CCOCC2)cc(=O)c2cc(-c3cn(-c4ccccc4O)nn3)ccc21. The standard InChI is InChI=1S/C22H21N5O3/c1-25-18-7-6-15(17-14-27(24-23-17)19-4-2-3-5-20(19)28)12-16(18)21(29)13-22(25)26-8-10-30-11-9-26/h2-7,12-14,28H,8-11H2,1H3. The van der Waals surface area contributed by atoms with Gasteiger partial charge in [-0.3, -0.25) is 4.79 Å². The van der Waals surface area contributed by atoms with Gasteiger partial charge in [-0.05, 0) is 24.3 Å². The lowest BCUT2D eigenvalue weighted by Gasteiger charge is -2.30. The summed E-state index contributed by atoms with van der Waals surface area (Å²) in [5, 5.41) is 19.0. The summed E-state index contributed by atoms with van der Waals surface area (Å²) in [4.78, 5) is 15.1. The Bertz CT molecular complexity index is 1290. The lowest BCUT2D eigenvalue weighted by atomic mass is 10.1. The number of pyridine rings is 1. The molecule has 1 fully saturated rings. The number of rotatable bonds is 3. The first-order chi connectivity index (χ1) is 14.6. The number of phenols is 1. The second-order valence-electron chi connectivity index (χ2n) is 7.29. The highest BCUT2D eigenvalue weighted by Crippen LogP contribution is 2.26. The summed E-state index contributed by atoms with van der Waals surface area (Å²) in [6.45, 7) is 2.87. The van der Waals surface area contributed by atoms with Crippen LogP contribution in [0.15, 0.2) is 59.5 Å². The van der Waals surface area contributed by atoms with Crippen LogP contribution in [-0.2, 0) is 11.8 Å². The highest BCUT2D eigenvalue weighted by atomic mass is 16.5. The maximum atomic E-state index is 12.9. The van der Waals surface area contributed by atoms with Gasteiger partial charge >= 0.3 is 0 Å². The van der Waals surface area contributed by atoms with Crippen molar-refractivity contribution in [2.75, 3.05) is 31.2 Å². The van der Waals surface area contributed by atoms with Crippen LogP contribution in [0.2, 0.25) is 0 Å². The fourth-order valence-corrected chi connectivity index (χ4v) is 3.87. The smallest absolute Gasteiger partial charge is 0.191 e. The van der Waals surface area contributed by atoms with Gasteiger partial charge in [0.25, 0.3) is 0 Å². The summed E-state index contributed by atoms with van der Waals surface area (Å²) in [6.07, 6.45) is 1.74. The Hall–Kier alpha value is -3.65. The summed E-state index contributed by atoms with van der Waals surface area (Å²) < 4.78 is 8.99. The van der Waals surface area contributed by atoms with Gasteiger partial charge < -0.3 is 19.3 Å². The molecule has 0 aliphatic carbocycles. The molecular formula is C22H21N5O3. The minimum Gasteiger partial charge on any atom is -0.506 e. The van der Waals surface area contributed by atoms with Gasteiger partial charge in [0.1, 0.15) is 22.9 Å². The third-order valence-corrected chi connectivity index (χ3v) is 5.48. The van der Waals surface area contributed by atoms with Crippen LogP contribution in [0, 0.1) is 0 Å². The molecule has 1 saturated heterocycles. The van der Waals surface area contributed by atoms with E-state index >= 15 is 0 Å². The molecule has 0 spiro atoms. The first-order valence-corrected chi connectivity index (χ1v) is 9.79. The summed E-state index contributed by atoms with van der Waals surface area (Å²) in [5.41, 5.74) is 2.79. The average molecular weight is 403 g/mol. The number of hydrogen-bond donors (Lipinski definition) is 1. The van der Waals surface area contributed by atoms with Gasteiger partial charge in [0.05, 0.1) is 24.9 Å². The number of hydrogen-bond acceptors (Lipinski definition) is 6. The molecule has 1 N–H and O–H groups in total. The highest BCUT2D eigenvalue weighted by Gasteiger charge is 2.17. The highest BCUT2D eigenvalue weighted by molar-refractivity contribution is 5.85. The molecule has 2 aromatic heterocycles. The topological polar surface area (TPSA) is 85.4 Å². The number of fused-ring (bicyclic) bond motifs is 1. The van der Waals surface area contributed by atoms with Crippen molar-refractivity contribution in [2.24, 2.45) is 7.05 Å². The number of aryl methyl sites for hydroxylation is 1. The van der Waals surface area contributed by atoms with Gasteiger partial charge in [-0.15, -0.1) is 5.10 Å². The molecule has 30 heavy (non-hydrogen) atoms. The van der Waals surface area contributed by atoms with Crippen LogP contribution in [0.5, 0.6) is 5.75 Å². The normalized spacial score (nSPS) is 14.4. The molecule has 152 valence electrons. The first kappa shape index (κ1) is 18.4. The number of benzene rings is 2. The summed E-state index contributed by atoms with van der Waals surface area (Å²) >= 11 is 0. The van der Waals surface area contributed by atoms with E-state index in [0.29, 0.717) is 30.0 Å². The molecule has 1 aliphatic heterocycles. The van der Waals surface area contributed by atoms with Crippen molar-refractivity contribution >= 4 is 16.7 Å². The Kier molecular flexibility index (Phi) is 4.48. The fraction of sp³-hybridized carbons (Fsp3) is 0.227. The number of ether oxygens (including phenoxy) is 1. The molecule has 1 aliphatic rings. The third kappa shape index (κ3) is 3.11. The Morgan fingerprint density at radius 3 is 2.67 bits per heavy atom. The molecular weight excluding hydrogens is 382 g/mol. The number of anilines is 1. The van der Waals surface area contributed by atoms with Crippen LogP contribution < -0.4 is 10.3 Å². The maximum absolute atomic E-state index is 12.9. The van der Waals surface area contributed by atoms with E-state index < -0.39 is 0 Å². The predicted octanol–water partition coefficient (Wildman–Crippen LogP) is 2.33. The largest absolute Gasteiger partial charge is 0.506 e. The molecule has 0 amide bonds. The zero-order valence-electron chi connectivity index (χ0n) is 16.5. The number of aromatic nitrogens is 4. The summed E-state index contributed by atoms with van der Waals surface area (Å²) in [5.74, 6) is 1.02. The predicted molar refractivity (Wildman–Crippen MR) is 114 cm³/mol. The molecule has 2 aromatic carbocycles. The Balaban J connectivity index is 1.55. The monoisotopic (exact) mass is 403 g/mol. The Morgan fingerprint density at radius 2 is 1.87 bits per heavy atom. The van der Waals surface area contributed by atoms with Crippen LogP contribution >= 0.6 is 0 Å². The van der Waals surface area contributed by atoms with Gasteiger partial charge in [0, 0.05) is 37.2 Å². The van der Waals surface area contributed by atoms with Crippen LogP contribution in [0.3, 0.4) is 0 Å². The van der Waals surface area contributed by atoms with Crippen molar-refractivity contribution in [1.29, 1.82) is 0 Å². The Labute approximate surface area is 172 Å². The van der Waals surface area contributed by atoms with E-state index in [4.69, 9.17) is 4.74 Å². The van der Waals surface area contributed by atoms with E-state index in [0.717, 1.165) is 30.0 Å². The maximum Gasteiger partial charge on any atom is 0.191 e. The van der Waals surface area contributed by atoms with Crippen LogP contribution in [-0.4, -0.2) is 51.0 Å². The van der Waals surface area contributed by atoms with Crippen molar-refractivity contribution in [1.82, 2.24) is 19.6 Å². The molecule has 4 aromatic rings. The van der Waals surface area contributed by atoms with E-state index in [-0.39, 0.29) is 11.2 Å². The van der Waals surface area contributed by atoms with Crippen LogP contribution in [0.25, 0.3) is 27.8 Å². The van der Waals surface area contributed by atoms with Gasteiger partial charge in [-0.2, -0.15) is 0 Å². The van der Waals surface area contributed by atoms with E-state index in [9.17, 15) is 9.90 Å². The van der Waals surface area contributed by atoms with E-state index in [1.807, 2.05) is 35.9 Å². The Morgan fingerprint density at radius 1 is 1.07 bits per heavy atom. The second kappa shape index (κ2) is 7.31. The van der Waals surface area contributed by atoms with Crippen molar-refractivity contribution in [3.05, 3.63) is 65.0 Å². The fourth-order valence-electron chi connectivity index (χ4n) is 3.87. The summed E-state index contributed by atoms with van der Waals surface area (Å²) in [6, 6.07) is 14.3. The average Bonchev–Trinajstić information content (AvgIpc) is 3.27. The molecule has 5 rings (SSSR count). The first-order valence-electron chi connectivity index (χ1n) is 9.79. The van der Waals surface area contributed by atoms with Crippen molar-refractivity contribution in [3.8, 4) is 22.7 Å². The molecule has 8 nitrogen and oxygen atoms in total. The molecule has 0 unspecified atom stereocenters. The lowest BCUT2D eigenvalue weighted by molar-refractivity contribution is 0.122. The van der Waals surface area contributed by atoms with Crippen LogP contribution in [0.1, 0.15) is 0 Å². The van der Waals surface area contributed by atoms with Gasteiger partial charge in [0.2, 0.25) is 0 Å². The van der Waals surface area contributed by atoms with Crippen molar-refractivity contribution in [3.63, 3.8) is 0 Å². The van der Waals surface area contributed by atoms with Gasteiger partial charge in [-0.25, -0.2) is 4.68 Å². The summed E-state index contributed by atoms with van der Waals surface area (Å²) in [7, 11) is 1.97. The second-order valence-corrected chi connectivity index (χ2v) is 7.29. The minimum absolute atomic E-state index is 0.0282. The lowest BCUT2D eigenvalue weighted by Crippen LogP contribution is -2.38. The number of phenolic OH excluding ortho intramolecular Hbond substituents is 1. The molecule has 0 atom stereocenters. The minimum atomic E-state index is -0.0282.